The minimum Gasteiger partial charge on any atom is -0.465 e. The second kappa shape index (κ2) is 6.73. The van der Waals surface area contributed by atoms with Crippen molar-refractivity contribution in [2.24, 2.45) is 0 Å². The molecule has 0 radical (unpaired) electrons. The van der Waals surface area contributed by atoms with E-state index in [1.807, 2.05) is 0 Å². The number of carbonyl (C=O) groups excluding carboxylic acids is 2. The first-order valence-corrected chi connectivity index (χ1v) is 6.60. The Morgan fingerprint density at radius 1 is 1.12 bits per heavy atom. The highest BCUT2D eigenvalue weighted by Crippen LogP contribution is 2.29. The standard InChI is InChI=1S/C15H13N3O6/c1-23-14(19)10-4-3-8(6-12(10)18(21)22)9-5-11(16)13(17-7-9)15(20)24-2/h3-7H,16H2,1-2H3. The van der Waals surface area contributed by atoms with E-state index in [-0.39, 0.29) is 16.9 Å². The van der Waals surface area contributed by atoms with E-state index in [0.29, 0.717) is 11.1 Å². The molecular weight excluding hydrogens is 318 g/mol. The molecule has 0 aliphatic rings. The normalized spacial score (nSPS) is 10.1. The summed E-state index contributed by atoms with van der Waals surface area (Å²) in [6, 6.07) is 5.42. The Morgan fingerprint density at radius 3 is 2.33 bits per heavy atom. The maximum Gasteiger partial charge on any atom is 0.358 e. The van der Waals surface area contributed by atoms with E-state index in [4.69, 9.17) is 5.73 Å². The summed E-state index contributed by atoms with van der Waals surface area (Å²) < 4.78 is 9.06. The minimum absolute atomic E-state index is 0.0538. The summed E-state index contributed by atoms with van der Waals surface area (Å²) >= 11 is 0. The van der Waals surface area contributed by atoms with Crippen molar-refractivity contribution in [1.82, 2.24) is 4.98 Å². The van der Waals surface area contributed by atoms with Gasteiger partial charge in [0, 0.05) is 17.8 Å². The van der Waals surface area contributed by atoms with Crippen LogP contribution in [-0.4, -0.2) is 36.1 Å². The van der Waals surface area contributed by atoms with Crippen molar-refractivity contribution in [2.45, 2.75) is 0 Å². The molecule has 0 saturated heterocycles. The van der Waals surface area contributed by atoms with Gasteiger partial charge < -0.3 is 15.2 Å². The highest BCUT2D eigenvalue weighted by Gasteiger charge is 2.22. The summed E-state index contributed by atoms with van der Waals surface area (Å²) in [5.74, 6) is -1.50. The number of nitrogen functional groups attached to an aromatic ring is 1. The smallest absolute Gasteiger partial charge is 0.358 e. The Bertz CT molecular complexity index is 834. The predicted octanol–water partition coefficient (Wildman–Crippen LogP) is 1.81. The molecule has 0 saturated carbocycles. The summed E-state index contributed by atoms with van der Waals surface area (Å²) in [6.07, 6.45) is 1.33. The monoisotopic (exact) mass is 331 g/mol. The summed E-state index contributed by atoms with van der Waals surface area (Å²) in [5, 5.41) is 11.2. The molecule has 0 aliphatic carbocycles. The maximum atomic E-state index is 11.6. The zero-order valence-corrected chi connectivity index (χ0v) is 12.8. The number of carbonyl (C=O) groups is 2. The molecule has 2 rings (SSSR count). The molecule has 0 spiro atoms. The summed E-state index contributed by atoms with van der Waals surface area (Å²) in [6.45, 7) is 0. The lowest BCUT2D eigenvalue weighted by atomic mass is 10.0. The predicted molar refractivity (Wildman–Crippen MR) is 83.4 cm³/mol. The van der Waals surface area contributed by atoms with E-state index in [9.17, 15) is 19.7 Å². The van der Waals surface area contributed by atoms with Gasteiger partial charge in [-0.2, -0.15) is 0 Å². The first-order chi connectivity index (χ1) is 11.4. The Hall–Kier alpha value is -3.49. The van der Waals surface area contributed by atoms with Crippen molar-refractivity contribution in [3.8, 4) is 11.1 Å². The van der Waals surface area contributed by atoms with E-state index in [2.05, 4.69) is 14.5 Å². The van der Waals surface area contributed by atoms with Crippen LogP contribution in [0.5, 0.6) is 0 Å². The van der Waals surface area contributed by atoms with Crippen molar-refractivity contribution in [3.05, 3.63) is 51.8 Å². The number of anilines is 1. The van der Waals surface area contributed by atoms with Gasteiger partial charge in [-0.15, -0.1) is 0 Å². The SMILES string of the molecule is COC(=O)c1ccc(-c2cnc(C(=O)OC)c(N)c2)cc1[N+](=O)[O-]. The first-order valence-electron chi connectivity index (χ1n) is 6.60. The second-order valence-corrected chi connectivity index (χ2v) is 4.63. The van der Waals surface area contributed by atoms with Gasteiger partial charge >= 0.3 is 11.9 Å². The largest absolute Gasteiger partial charge is 0.465 e. The number of methoxy groups -OCH3 is 2. The molecule has 0 unspecified atom stereocenters. The molecule has 1 heterocycles. The van der Waals surface area contributed by atoms with Crippen LogP contribution in [0.4, 0.5) is 11.4 Å². The number of nitrogens with zero attached hydrogens (tertiary/aromatic N) is 2. The second-order valence-electron chi connectivity index (χ2n) is 4.63. The highest BCUT2D eigenvalue weighted by atomic mass is 16.6. The lowest BCUT2D eigenvalue weighted by Crippen LogP contribution is -2.08. The van der Waals surface area contributed by atoms with E-state index < -0.39 is 22.5 Å². The van der Waals surface area contributed by atoms with Crippen molar-refractivity contribution >= 4 is 23.3 Å². The van der Waals surface area contributed by atoms with E-state index in [1.165, 1.54) is 37.6 Å². The number of benzene rings is 1. The summed E-state index contributed by atoms with van der Waals surface area (Å²) in [4.78, 5) is 37.5. The minimum atomic E-state index is -0.813. The third kappa shape index (κ3) is 3.14. The first kappa shape index (κ1) is 16.9. The van der Waals surface area contributed by atoms with Gasteiger partial charge in [-0.25, -0.2) is 14.6 Å². The van der Waals surface area contributed by atoms with E-state index in [1.54, 1.807) is 0 Å². The van der Waals surface area contributed by atoms with Gasteiger partial charge in [-0.3, -0.25) is 10.1 Å². The Kier molecular flexibility index (Phi) is 4.73. The average molecular weight is 331 g/mol. The molecule has 9 heteroatoms. The Morgan fingerprint density at radius 2 is 1.79 bits per heavy atom. The van der Waals surface area contributed by atoms with Gasteiger partial charge in [0.25, 0.3) is 5.69 Å². The van der Waals surface area contributed by atoms with Crippen LogP contribution in [0.15, 0.2) is 30.5 Å². The van der Waals surface area contributed by atoms with Gasteiger partial charge in [-0.05, 0) is 17.7 Å². The van der Waals surface area contributed by atoms with Crippen LogP contribution in [-0.2, 0) is 9.47 Å². The quantitative estimate of drug-likeness (QED) is 0.509. The van der Waals surface area contributed by atoms with Crippen LogP contribution < -0.4 is 5.73 Å². The van der Waals surface area contributed by atoms with Crippen molar-refractivity contribution in [1.29, 1.82) is 0 Å². The fourth-order valence-electron chi connectivity index (χ4n) is 2.05. The lowest BCUT2D eigenvalue weighted by molar-refractivity contribution is -0.385. The number of nitrogens with two attached hydrogens (primary N) is 1. The fraction of sp³-hybridized carbons (Fsp3) is 0.133. The van der Waals surface area contributed by atoms with Gasteiger partial charge in [0.1, 0.15) is 5.56 Å². The number of aromatic nitrogens is 1. The number of esters is 2. The van der Waals surface area contributed by atoms with Crippen LogP contribution in [0, 0.1) is 10.1 Å². The number of nitro groups is 1. The lowest BCUT2D eigenvalue weighted by Gasteiger charge is -2.07. The van der Waals surface area contributed by atoms with Crippen LogP contribution in [0.2, 0.25) is 0 Å². The third-order valence-corrected chi connectivity index (χ3v) is 3.23. The van der Waals surface area contributed by atoms with Gasteiger partial charge in [-0.1, -0.05) is 6.07 Å². The Labute approximate surface area is 136 Å². The third-order valence-electron chi connectivity index (χ3n) is 3.23. The molecule has 0 aliphatic heterocycles. The van der Waals surface area contributed by atoms with Crippen LogP contribution in [0.1, 0.15) is 20.8 Å². The number of nitro benzene ring substituents is 1. The molecule has 0 bridgehead atoms. The molecule has 124 valence electrons. The molecule has 0 amide bonds. The zero-order chi connectivity index (χ0) is 17.9. The number of hydrogen-bond donors (Lipinski definition) is 1. The molecular formula is C15H13N3O6. The molecule has 1 aromatic carbocycles. The average Bonchev–Trinajstić information content (AvgIpc) is 2.59. The highest BCUT2D eigenvalue weighted by molar-refractivity contribution is 5.96. The van der Waals surface area contributed by atoms with Gasteiger partial charge in [0.05, 0.1) is 24.8 Å². The fourth-order valence-corrected chi connectivity index (χ4v) is 2.05. The number of hydrogen-bond acceptors (Lipinski definition) is 8. The van der Waals surface area contributed by atoms with E-state index in [0.717, 1.165) is 7.11 Å². The van der Waals surface area contributed by atoms with E-state index >= 15 is 0 Å². The van der Waals surface area contributed by atoms with Crippen LogP contribution >= 0.6 is 0 Å². The molecule has 0 fully saturated rings. The molecule has 2 N–H and O–H groups in total. The topological polar surface area (TPSA) is 135 Å². The van der Waals surface area contributed by atoms with Gasteiger partial charge in [0.2, 0.25) is 0 Å². The zero-order valence-electron chi connectivity index (χ0n) is 12.8. The van der Waals surface area contributed by atoms with Crippen molar-refractivity contribution in [2.75, 3.05) is 20.0 Å². The number of pyridine rings is 1. The number of ether oxygens (including phenoxy) is 2. The Balaban J connectivity index is 2.52. The van der Waals surface area contributed by atoms with Crippen molar-refractivity contribution < 1.29 is 24.0 Å². The molecule has 24 heavy (non-hydrogen) atoms. The maximum absolute atomic E-state index is 11.6. The van der Waals surface area contributed by atoms with Gasteiger partial charge in [0.15, 0.2) is 5.69 Å². The summed E-state index contributed by atoms with van der Waals surface area (Å²) in [5.41, 5.74) is 6.05. The van der Waals surface area contributed by atoms with Crippen LogP contribution in [0.3, 0.4) is 0 Å². The van der Waals surface area contributed by atoms with Crippen molar-refractivity contribution in [3.63, 3.8) is 0 Å². The van der Waals surface area contributed by atoms with Crippen LogP contribution in [0.25, 0.3) is 11.1 Å². The molecule has 2 aromatic rings. The molecule has 0 atom stereocenters. The molecule has 1 aromatic heterocycles. The number of rotatable bonds is 4. The molecule has 9 nitrogen and oxygen atoms in total. The summed E-state index contributed by atoms with van der Waals surface area (Å²) in [7, 11) is 2.34.